The maximum Gasteiger partial charge on any atom is 0.228 e. The third-order valence-corrected chi connectivity index (χ3v) is 4.35. The summed E-state index contributed by atoms with van der Waals surface area (Å²) in [7, 11) is 2.13. The standard InChI is InChI=1S/C19H24N4O/c1-22-9-11-23(12-10-22)18-8-7-16(20)14-17(18)21-19(24)13-15-5-3-2-4-6-15/h2-8,14H,9-13,20H2,1H3,(H,21,24). The Bertz CT molecular complexity index is 694. The van der Waals surface area contributed by atoms with Gasteiger partial charge >= 0.3 is 0 Å². The number of nitrogens with two attached hydrogens (primary N) is 1. The summed E-state index contributed by atoms with van der Waals surface area (Å²) in [4.78, 5) is 17.0. The van der Waals surface area contributed by atoms with Gasteiger partial charge in [-0.2, -0.15) is 0 Å². The number of carbonyl (C=O) groups is 1. The van der Waals surface area contributed by atoms with E-state index >= 15 is 0 Å². The van der Waals surface area contributed by atoms with Crippen LogP contribution in [0.1, 0.15) is 5.56 Å². The zero-order chi connectivity index (χ0) is 16.9. The van der Waals surface area contributed by atoms with E-state index in [0.29, 0.717) is 12.1 Å². The van der Waals surface area contributed by atoms with Crippen LogP contribution in [0.25, 0.3) is 0 Å². The van der Waals surface area contributed by atoms with E-state index in [1.54, 1.807) is 0 Å². The smallest absolute Gasteiger partial charge is 0.228 e. The highest BCUT2D eigenvalue weighted by Gasteiger charge is 2.18. The molecule has 5 nitrogen and oxygen atoms in total. The summed E-state index contributed by atoms with van der Waals surface area (Å²) in [6.07, 6.45) is 0.359. The molecule has 24 heavy (non-hydrogen) atoms. The Morgan fingerprint density at radius 1 is 1.08 bits per heavy atom. The molecule has 1 saturated heterocycles. The Morgan fingerprint density at radius 3 is 2.50 bits per heavy atom. The molecule has 0 aromatic heterocycles. The number of nitrogen functional groups attached to an aromatic ring is 1. The molecule has 2 aromatic rings. The molecule has 1 aliphatic heterocycles. The normalized spacial score (nSPS) is 15.3. The molecule has 0 spiro atoms. The average Bonchev–Trinajstić information content (AvgIpc) is 2.57. The van der Waals surface area contributed by atoms with E-state index in [-0.39, 0.29) is 5.91 Å². The average molecular weight is 324 g/mol. The molecule has 5 heteroatoms. The van der Waals surface area contributed by atoms with Gasteiger partial charge in [0.25, 0.3) is 0 Å². The molecule has 1 fully saturated rings. The van der Waals surface area contributed by atoms with Crippen molar-refractivity contribution in [2.24, 2.45) is 0 Å². The summed E-state index contributed by atoms with van der Waals surface area (Å²) in [6.45, 7) is 3.92. The number of benzene rings is 2. The maximum absolute atomic E-state index is 12.4. The zero-order valence-electron chi connectivity index (χ0n) is 14.0. The number of hydrogen-bond acceptors (Lipinski definition) is 4. The lowest BCUT2D eigenvalue weighted by atomic mass is 10.1. The maximum atomic E-state index is 12.4. The number of piperazine rings is 1. The van der Waals surface area contributed by atoms with E-state index in [2.05, 4.69) is 22.2 Å². The number of hydrogen-bond donors (Lipinski definition) is 2. The number of nitrogens with one attached hydrogen (secondary N) is 1. The van der Waals surface area contributed by atoms with E-state index in [0.717, 1.165) is 43.1 Å². The molecule has 0 bridgehead atoms. The van der Waals surface area contributed by atoms with Crippen LogP contribution in [0.5, 0.6) is 0 Å². The molecule has 0 unspecified atom stereocenters. The van der Waals surface area contributed by atoms with Crippen LogP contribution in [-0.4, -0.2) is 44.0 Å². The van der Waals surface area contributed by atoms with E-state index in [1.807, 2.05) is 48.5 Å². The first-order chi connectivity index (χ1) is 11.6. The van der Waals surface area contributed by atoms with Crippen molar-refractivity contribution < 1.29 is 4.79 Å². The Kier molecular flexibility index (Phi) is 5.01. The first-order valence-electron chi connectivity index (χ1n) is 8.28. The summed E-state index contributed by atoms with van der Waals surface area (Å²) in [5.41, 5.74) is 9.42. The molecule has 3 rings (SSSR count). The van der Waals surface area contributed by atoms with Gasteiger partial charge in [-0.15, -0.1) is 0 Å². The van der Waals surface area contributed by atoms with Crippen molar-refractivity contribution >= 4 is 23.0 Å². The van der Waals surface area contributed by atoms with E-state index in [9.17, 15) is 4.79 Å². The Morgan fingerprint density at radius 2 is 1.79 bits per heavy atom. The minimum Gasteiger partial charge on any atom is -0.399 e. The fourth-order valence-corrected chi connectivity index (χ4v) is 2.95. The highest BCUT2D eigenvalue weighted by molar-refractivity contribution is 5.96. The molecular weight excluding hydrogens is 300 g/mol. The van der Waals surface area contributed by atoms with Crippen molar-refractivity contribution in [1.82, 2.24) is 4.90 Å². The molecule has 3 N–H and O–H groups in total. The second-order valence-electron chi connectivity index (χ2n) is 6.28. The number of anilines is 3. The van der Waals surface area contributed by atoms with Gasteiger partial charge in [-0.1, -0.05) is 30.3 Å². The van der Waals surface area contributed by atoms with Gasteiger partial charge < -0.3 is 20.9 Å². The van der Waals surface area contributed by atoms with Crippen molar-refractivity contribution in [3.63, 3.8) is 0 Å². The van der Waals surface area contributed by atoms with Crippen LogP contribution in [-0.2, 0) is 11.2 Å². The second-order valence-corrected chi connectivity index (χ2v) is 6.28. The first kappa shape index (κ1) is 16.3. The van der Waals surface area contributed by atoms with Crippen molar-refractivity contribution in [2.75, 3.05) is 49.2 Å². The Hall–Kier alpha value is -2.53. The highest BCUT2D eigenvalue weighted by atomic mass is 16.1. The van der Waals surface area contributed by atoms with Crippen LogP contribution in [0.15, 0.2) is 48.5 Å². The molecule has 1 heterocycles. The first-order valence-corrected chi connectivity index (χ1v) is 8.28. The lowest BCUT2D eigenvalue weighted by Crippen LogP contribution is -2.44. The van der Waals surface area contributed by atoms with E-state index < -0.39 is 0 Å². The van der Waals surface area contributed by atoms with Gasteiger partial charge in [-0.3, -0.25) is 4.79 Å². The third kappa shape index (κ3) is 4.06. The molecule has 1 amide bonds. The summed E-state index contributed by atoms with van der Waals surface area (Å²) >= 11 is 0. The Balaban J connectivity index is 1.74. The van der Waals surface area contributed by atoms with Gasteiger partial charge in [-0.05, 0) is 30.8 Å². The van der Waals surface area contributed by atoms with Crippen LogP contribution in [0.3, 0.4) is 0 Å². The number of rotatable bonds is 4. The fourth-order valence-electron chi connectivity index (χ4n) is 2.95. The number of likely N-dealkylation sites (N-methyl/N-ethyl adjacent to an activating group) is 1. The molecule has 126 valence electrons. The van der Waals surface area contributed by atoms with Gasteiger partial charge in [0.1, 0.15) is 0 Å². The van der Waals surface area contributed by atoms with Crippen molar-refractivity contribution in [3.05, 3.63) is 54.1 Å². The largest absolute Gasteiger partial charge is 0.399 e. The van der Waals surface area contributed by atoms with Gasteiger partial charge in [-0.25, -0.2) is 0 Å². The van der Waals surface area contributed by atoms with Crippen LogP contribution in [0.4, 0.5) is 17.1 Å². The molecule has 0 saturated carbocycles. The summed E-state index contributed by atoms with van der Waals surface area (Å²) in [6, 6.07) is 15.5. The molecular formula is C19H24N4O. The number of carbonyl (C=O) groups excluding carboxylic acids is 1. The molecule has 2 aromatic carbocycles. The minimum absolute atomic E-state index is 0.0258. The predicted octanol–water partition coefficient (Wildman–Crippen LogP) is 2.20. The molecule has 1 aliphatic rings. The summed E-state index contributed by atoms with van der Waals surface area (Å²) < 4.78 is 0. The zero-order valence-corrected chi connectivity index (χ0v) is 14.0. The third-order valence-electron chi connectivity index (χ3n) is 4.35. The van der Waals surface area contributed by atoms with Crippen LogP contribution >= 0.6 is 0 Å². The van der Waals surface area contributed by atoms with Gasteiger partial charge in [0, 0.05) is 31.9 Å². The minimum atomic E-state index is -0.0258. The quantitative estimate of drug-likeness (QED) is 0.847. The topological polar surface area (TPSA) is 61.6 Å². The SMILES string of the molecule is CN1CCN(c2ccc(N)cc2NC(=O)Cc2ccccc2)CC1. The highest BCUT2D eigenvalue weighted by Crippen LogP contribution is 2.29. The molecule has 0 radical (unpaired) electrons. The lowest BCUT2D eigenvalue weighted by molar-refractivity contribution is -0.115. The van der Waals surface area contributed by atoms with Gasteiger partial charge in [0.15, 0.2) is 0 Å². The van der Waals surface area contributed by atoms with Crippen LogP contribution in [0.2, 0.25) is 0 Å². The fraction of sp³-hybridized carbons (Fsp3) is 0.316. The monoisotopic (exact) mass is 324 g/mol. The van der Waals surface area contributed by atoms with Gasteiger partial charge in [0.2, 0.25) is 5.91 Å². The van der Waals surface area contributed by atoms with E-state index in [1.165, 1.54) is 0 Å². The van der Waals surface area contributed by atoms with Crippen molar-refractivity contribution in [2.45, 2.75) is 6.42 Å². The lowest BCUT2D eigenvalue weighted by Gasteiger charge is -2.35. The Labute approximate surface area is 143 Å². The summed E-state index contributed by atoms with van der Waals surface area (Å²) in [5, 5.41) is 3.03. The second kappa shape index (κ2) is 7.36. The number of nitrogens with zero attached hydrogens (tertiary/aromatic N) is 2. The van der Waals surface area contributed by atoms with Crippen molar-refractivity contribution in [3.8, 4) is 0 Å². The van der Waals surface area contributed by atoms with E-state index in [4.69, 9.17) is 5.73 Å². The predicted molar refractivity (Wildman–Crippen MR) is 99.3 cm³/mol. The number of amides is 1. The molecule has 0 atom stereocenters. The van der Waals surface area contributed by atoms with Crippen LogP contribution in [0, 0.1) is 0 Å². The van der Waals surface area contributed by atoms with Crippen LogP contribution < -0.4 is 16.0 Å². The molecule has 0 aliphatic carbocycles. The van der Waals surface area contributed by atoms with Crippen molar-refractivity contribution in [1.29, 1.82) is 0 Å². The van der Waals surface area contributed by atoms with Gasteiger partial charge in [0.05, 0.1) is 17.8 Å². The summed E-state index contributed by atoms with van der Waals surface area (Å²) in [5.74, 6) is -0.0258.